The molecule has 0 spiro atoms. The minimum absolute atomic E-state index is 0.228. The van der Waals surface area contributed by atoms with Gasteiger partial charge in [0.1, 0.15) is 5.69 Å². The molecule has 1 rings (SSSR count). The van der Waals surface area contributed by atoms with Crippen LogP contribution in [0.2, 0.25) is 0 Å². The quantitative estimate of drug-likeness (QED) is 0.572. The molecule has 0 amide bonds. The largest absolute Gasteiger partial charge is 0.464 e. The molecule has 1 unspecified atom stereocenters. The Balaban J connectivity index is 2.64. The van der Waals surface area contributed by atoms with Crippen molar-refractivity contribution < 1.29 is 19.7 Å². The van der Waals surface area contributed by atoms with Crippen molar-refractivity contribution in [3.05, 3.63) is 24.0 Å². The molecule has 1 aromatic heterocycles. The summed E-state index contributed by atoms with van der Waals surface area (Å²) in [6.07, 6.45) is 0.736. The second-order valence-electron chi connectivity index (χ2n) is 3.02. The smallest absolute Gasteiger partial charge is 0.356 e. The summed E-state index contributed by atoms with van der Waals surface area (Å²) in [6, 6.07) is 3.31. The summed E-state index contributed by atoms with van der Waals surface area (Å²) in [5.41, 5.74) is 0.228. The zero-order valence-corrected chi connectivity index (χ0v) is 9.61. The normalized spacial score (nSPS) is 12.2. The molecule has 1 atom stereocenters. The highest BCUT2D eigenvalue weighted by Crippen LogP contribution is 2.19. The summed E-state index contributed by atoms with van der Waals surface area (Å²) in [5, 5.41) is 17.8. The van der Waals surface area contributed by atoms with Gasteiger partial charge >= 0.3 is 5.97 Å². The molecule has 0 aliphatic carbocycles. The van der Waals surface area contributed by atoms with Gasteiger partial charge in [-0.15, -0.1) is 11.8 Å². The van der Waals surface area contributed by atoms with E-state index in [9.17, 15) is 4.79 Å². The molecule has 0 aliphatic rings. The van der Waals surface area contributed by atoms with Crippen LogP contribution in [0.5, 0.6) is 0 Å². The zero-order valence-electron chi connectivity index (χ0n) is 8.79. The van der Waals surface area contributed by atoms with Gasteiger partial charge in [0.15, 0.2) is 0 Å². The van der Waals surface area contributed by atoms with Crippen molar-refractivity contribution in [1.29, 1.82) is 0 Å². The van der Waals surface area contributed by atoms with Crippen molar-refractivity contribution in [3.8, 4) is 0 Å². The van der Waals surface area contributed by atoms with E-state index in [2.05, 4.69) is 9.72 Å². The Morgan fingerprint density at radius 3 is 3.06 bits per heavy atom. The molecular formula is C10H13NO4S. The topological polar surface area (TPSA) is 79.7 Å². The van der Waals surface area contributed by atoms with Crippen LogP contribution in [0.1, 0.15) is 10.5 Å². The fourth-order valence-corrected chi connectivity index (χ4v) is 1.80. The molecule has 0 saturated heterocycles. The van der Waals surface area contributed by atoms with Gasteiger partial charge in [0.2, 0.25) is 0 Å². The van der Waals surface area contributed by atoms with Crippen molar-refractivity contribution in [2.45, 2.75) is 11.0 Å². The monoisotopic (exact) mass is 243 g/mol. The number of aliphatic hydroxyl groups is 2. The van der Waals surface area contributed by atoms with E-state index < -0.39 is 12.1 Å². The molecular weight excluding hydrogens is 230 g/mol. The first-order valence-corrected chi connectivity index (χ1v) is 5.62. The van der Waals surface area contributed by atoms with Crippen LogP contribution >= 0.6 is 11.8 Å². The standard InChI is InChI=1S/C10H13NO4S/c1-15-10(14)9-4-8(2-3-11-9)16-6-7(13)5-12/h2-4,7,12-13H,5-6H2,1H3. The predicted octanol–water partition coefficient (Wildman–Crippen LogP) is 0.313. The molecule has 5 nitrogen and oxygen atoms in total. The van der Waals surface area contributed by atoms with E-state index in [0.717, 1.165) is 4.90 Å². The van der Waals surface area contributed by atoms with E-state index >= 15 is 0 Å². The lowest BCUT2D eigenvalue weighted by Gasteiger charge is -2.06. The fraction of sp³-hybridized carbons (Fsp3) is 0.400. The molecule has 0 bridgehead atoms. The Morgan fingerprint density at radius 1 is 1.69 bits per heavy atom. The average molecular weight is 243 g/mol. The molecule has 0 saturated carbocycles. The highest BCUT2D eigenvalue weighted by atomic mass is 32.2. The van der Waals surface area contributed by atoms with Gasteiger partial charge in [-0.3, -0.25) is 0 Å². The number of thioether (sulfide) groups is 1. The van der Waals surface area contributed by atoms with E-state index in [-0.39, 0.29) is 12.3 Å². The number of methoxy groups -OCH3 is 1. The van der Waals surface area contributed by atoms with E-state index in [1.807, 2.05) is 0 Å². The number of rotatable bonds is 5. The third-order valence-electron chi connectivity index (χ3n) is 1.78. The molecule has 0 aromatic carbocycles. The molecule has 1 heterocycles. The Labute approximate surface area is 97.5 Å². The second-order valence-corrected chi connectivity index (χ2v) is 4.11. The van der Waals surface area contributed by atoms with Crippen molar-refractivity contribution in [1.82, 2.24) is 4.98 Å². The SMILES string of the molecule is COC(=O)c1cc(SCC(O)CO)ccn1. The van der Waals surface area contributed by atoms with Crippen LogP contribution in [0.25, 0.3) is 0 Å². The van der Waals surface area contributed by atoms with Gasteiger partial charge in [0, 0.05) is 16.8 Å². The van der Waals surface area contributed by atoms with E-state index in [4.69, 9.17) is 10.2 Å². The lowest BCUT2D eigenvalue weighted by molar-refractivity contribution is 0.0593. The van der Waals surface area contributed by atoms with Crippen LogP contribution in [-0.4, -0.2) is 46.7 Å². The highest BCUT2D eigenvalue weighted by Gasteiger charge is 2.09. The minimum Gasteiger partial charge on any atom is -0.464 e. The minimum atomic E-state index is -0.764. The van der Waals surface area contributed by atoms with Crippen molar-refractivity contribution >= 4 is 17.7 Å². The molecule has 0 aliphatic heterocycles. The van der Waals surface area contributed by atoms with Crippen LogP contribution in [0.4, 0.5) is 0 Å². The summed E-state index contributed by atoms with van der Waals surface area (Å²) in [6.45, 7) is -0.276. The maximum Gasteiger partial charge on any atom is 0.356 e. The van der Waals surface area contributed by atoms with Gasteiger partial charge in [0.25, 0.3) is 0 Å². The summed E-state index contributed by atoms with van der Waals surface area (Å²) < 4.78 is 4.54. The zero-order chi connectivity index (χ0) is 12.0. The van der Waals surface area contributed by atoms with Gasteiger partial charge in [-0.25, -0.2) is 9.78 Å². The fourth-order valence-electron chi connectivity index (χ4n) is 0.962. The number of aromatic nitrogens is 1. The third kappa shape index (κ3) is 3.80. The van der Waals surface area contributed by atoms with E-state index in [0.29, 0.717) is 5.75 Å². The summed E-state index contributed by atoms with van der Waals surface area (Å²) >= 11 is 1.34. The molecule has 2 N–H and O–H groups in total. The number of aliphatic hydroxyl groups excluding tert-OH is 2. The Kier molecular flexibility index (Phi) is 5.24. The number of hydrogen-bond donors (Lipinski definition) is 2. The summed E-state index contributed by atoms with van der Waals surface area (Å²) in [4.78, 5) is 15.8. The van der Waals surface area contributed by atoms with Crippen LogP contribution in [0, 0.1) is 0 Å². The molecule has 6 heteroatoms. The highest BCUT2D eigenvalue weighted by molar-refractivity contribution is 7.99. The number of nitrogens with zero attached hydrogens (tertiary/aromatic N) is 1. The van der Waals surface area contributed by atoms with Crippen LogP contribution in [-0.2, 0) is 4.74 Å². The summed E-state index contributed by atoms with van der Waals surface area (Å²) in [7, 11) is 1.29. The number of ether oxygens (including phenoxy) is 1. The number of esters is 1. The van der Waals surface area contributed by atoms with E-state index in [1.165, 1.54) is 25.1 Å². The molecule has 16 heavy (non-hydrogen) atoms. The molecule has 1 aromatic rings. The van der Waals surface area contributed by atoms with E-state index in [1.54, 1.807) is 12.1 Å². The van der Waals surface area contributed by atoms with Gasteiger partial charge in [-0.05, 0) is 12.1 Å². The van der Waals surface area contributed by atoms with Gasteiger partial charge in [0.05, 0.1) is 19.8 Å². The van der Waals surface area contributed by atoms with Gasteiger partial charge in [-0.2, -0.15) is 0 Å². The van der Waals surface area contributed by atoms with Gasteiger partial charge in [-0.1, -0.05) is 0 Å². The first-order valence-electron chi connectivity index (χ1n) is 4.63. The number of pyridine rings is 1. The van der Waals surface area contributed by atoms with Crippen LogP contribution in [0.3, 0.4) is 0 Å². The first kappa shape index (κ1) is 13.0. The van der Waals surface area contributed by atoms with Crippen molar-refractivity contribution in [2.24, 2.45) is 0 Å². The Bertz CT molecular complexity index is 358. The number of carbonyl (C=O) groups excluding carboxylic acids is 1. The second kappa shape index (κ2) is 6.47. The molecule has 0 fully saturated rings. The van der Waals surface area contributed by atoms with Crippen LogP contribution < -0.4 is 0 Å². The Hall–Kier alpha value is -1.11. The average Bonchev–Trinajstić information content (AvgIpc) is 2.35. The number of carbonyl (C=O) groups is 1. The number of hydrogen-bond acceptors (Lipinski definition) is 6. The lowest BCUT2D eigenvalue weighted by Crippen LogP contribution is -2.14. The van der Waals surface area contributed by atoms with Crippen molar-refractivity contribution in [2.75, 3.05) is 19.5 Å². The predicted molar refractivity (Wildman–Crippen MR) is 59.4 cm³/mol. The van der Waals surface area contributed by atoms with Crippen molar-refractivity contribution in [3.63, 3.8) is 0 Å². The first-order chi connectivity index (χ1) is 7.67. The van der Waals surface area contributed by atoms with Crippen LogP contribution in [0.15, 0.2) is 23.2 Å². The Morgan fingerprint density at radius 2 is 2.44 bits per heavy atom. The molecule has 0 radical (unpaired) electrons. The van der Waals surface area contributed by atoms with Gasteiger partial charge < -0.3 is 14.9 Å². The lowest BCUT2D eigenvalue weighted by atomic mass is 10.3. The molecule has 88 valence electrons. The third-order valence-corrected chi connectivity index (χ3v) is 2.92. The maximum absolute atomic E-state index is 11.2. The summed E-state index contributed by atoms with van der Waals surface area (Å²) in [5.74, 6) is -0.133. The maximum atomic E-state index is 11.2.